The molecule has 1 saturated carbocycles. The van der Waals surface area contributed by atoms with Gasteiger partial charge in [-0.1, -0.05) is 56.3 Å². The molecule has 1 fully saturated rings. The predicted octanol–water partition coefficient (Wildman–Crippen LogP) is 5.10. The van der Waals surface area contributed by atoms with Gasteiger partial charge < -0.3 is 5.32 Å². The fraction of sp³-hybridized carbons (Fsp3) is 0.625. The molecule has 1 aliphatic carbocycles. The summed E-state index contributed by atoms with van der Waals surface area (Å²) in [5.41, 5.74) is 0.926. The highest BCUT2D eigenvalue weighted by molar-refractivity contribution is 6.31. The Hall–Kier alpha value is -0.600. The van der Waals surface area contributed by atoms with E-state index in [1.54, 1.807) is 6.07 Å². The van der Waals surface area contributed by atoms with Crippen molar-refractivity contribution in [3.8, 4) is 0 Å². The third-order valence-corrected chi connectivity index (χ3v) is 4.51. The second kappa shape index (κ2) is 7.25. The maximum atomic E-state index is 13.7. The molecular weight excluding hydrogens is 261 g/mol. The highest BCUT2D eigenvalue weighted by Crippen LogP contribution is 2.36. The van der Waals surface area contributed by atoms with Gasteiger partial charge in [-0.15, -0.1) is 0 Å². The summed E-state index contributed by atoms with van der Waals surface area (Å²) in [4.78, 5) is 0. The third-order valence-electron chi connectivity index (χ3n) is 4.11. The summed E-state index contributed by atoms with van der Waals surface area (Å²) in [5.74, 6) is 0.262. The number of rotatable bonds is 4. The van der Waals surface area contributed by atoms with Gasteiger partial charge in [0.2, 0.25) is 0 Å². The van der Waals surface area contributed by atoms with E-state index in [4.69, 9.17) is 11.6 Å². The first kappa shape index (κ1) is 14.8. The van der Waals surface area contributed by atoms with Crippen molar-refractivity contribution in [3.05, 3.63) is 34.6 Å². The Morgan fingerprint density at radius 2 is 1.95 bits per heavy atom. The van der Waals surface area contributed by atoms with Crippen LogP contribution in [0.5, 0.6) is 0 Å². The lowest BCUT2D eigenvalue weighted by Gasteiger charge is -2.28. The van der Waals surface area contributed by atoms with Crippen molar-refractivity contribution in [1.82, 2.24) is 5.32 Å². The van der Waals surface area contributed by atoms with Crippen LogP contribution < -0.4 is 5.32 Å². The lowest BCUT2D eigenvalue weighted by atomic mass is 9.87. The number of halogens is 2. The molecule has 0 aromatic heterocycles. The van der Waals surface area contributed by atoms with Gasteiger partial charge in [0.25, 0.3) is 0 Å². The minimum Gasteiger partial charge on any atom is -0.310 e. The van der Waals surface area contributed by atoms with Gasteiger partial charge in [-0.05, 0) is 36.9 Å². The molecule has 1 N–H and O–H groups in total. The predicted molar refractivity (Wildman–Crippen MR) is 79.0 cm³/mol. The summed E-state index contributed by atoms with van der Waals surface area (Å²) in [7, 11) is 0. The molecule has 0 heterocycles. The van der Waals surface area contributed by atoms with E-state index in [1.165, 1.54) is 44.6 Å². The zero-order valence-electron chi connectivity index (χ0n) is 11.6. The molecular formula is C16H23ClFN. The fourth-order valence-electron chi connectivity index (χ4n) is 3.16. The van der Waals surface area contributed by atoms with Gasteiger partial charge in [-0.2, -0.15) is 0 Å². The van der Waals surface area contributed by atoms with Crippen LogP contribution in [-0.2, 0) is 0 Å². The number of nitrogens with one attached hydrogen (secondary N) is 1. The second-order valence-corrected chi connectivity index (χ2v) is 5.81. The number of benzene rings is 1. The highest BCUT2D eigenvalue weighted by atomic mass is 35.5. The van der Waals surface area contributed by atoms with E-state index in [1.807, 2.05) is 6.07 Å². The van der Waals surface area contributed by atoms with Crippen LogP contribution in [0.4, 0.5) is 4.39 Å². The van der Waals surface area contributed by atoms with Crippen LogP contribution >= 0.6 is 11.6 Å². The normalized spacial score (nSPS) is 19.1. The van der Waals surface area contributed by atoms with E-state index in [2.05, 4.69) is 12.2 Å². The summed E-state index contributed by atoms with van der Waals surface area (Å²) in [5, 5.41) is 3.80. The monoisotopic (exact) mass is 283 g/mol. The Balaban J connectivity index is 2.25. The Morgan fingerprint density at radius 3 is 2.58 bits per heavy atom. The van der Waals surface area contributed by atoms with Gasteiger partial charge >= 0.3 is 0 Å². The van der Waals surface area contributed by atoms with Crippen molar-refractivity contribution >= 4 is 11.6 Å². The van der Waals surface area contributed by atoms with Gasteiger partial charge in [0.1, 0.15) is 5.82 Å². The van der Waals surface area contributed by atoms with E-state index in [0.717, 1.165) is 12.1 Å². The quantitative estimate of drug-likeness (QED) is 0.758. The zero-order valence-corrected chi connectivity index (χ0v) is 12.3. The Kier molecular flexibility index (Phi) is 5.65. The Morgan fingerprint density at radius 1 is 1.26 bits per heavy atom. The smallest absolute Gasteiger partial charge is 0.142 e. The number of hydrogen-bond acceptors (Lipinski definition) is 1. The zero-order chi connectivity index (χ0) is 13.7. The molecule has 106 valence electrons. The SMILES string of the molecule is CCNC(c1cccc(F)c1Cl)C1CCCCCC1. The molecule has 0 aliphatic heterocycles. The van der Waals surface area contributed by atoms with Crippen LogP contribution in [-0.4, -0.2) is 6.54 Å². The topological polar surface area (TPSA) is 12.0 Å². The lowest BCUT2D eigenvalue weighted by Crippen LogP contribution is -2.28. The van der Waals surface area contributed by atoms with Crippen molar-refractivity contribution in [2.45, 2.75) is 51.5 Å². The van der Waals surface area contributed by atoms with Gasteiger partial charge in [0, 0.05) is 6.04 Å². The summed E-state index contributed by atoms with van der Waals surface area (Å²) < 4.78 is 13.7. The molecule has 0 bridgehead atoms. The standard InChI is InChI=1S/C16H23ClFN/c1-2-19-16(12-8-5-3-4-6-9-12)13-10-7-11-14(18)15(13)17/h7,10-12,16,19H,2-6,8-9H2,1H3. The van der Waals surface area contributed by atoms with Gasteiger partial charge in [-0.3, -0.25) is 0 Å². The largest absolute Gasteiger partial charge is 0.310 e. The molecule has 1 atom stereocenters. The summed E-state index contributed by atoms with van der Waals surface area (Å²) in [6, 6.07) is 5.34. The van der Waals surface area contributed by atoms with Gasteiger partial charge in [-0.25, -0.2) is 4.39 Å². The molecule has 0 spiro atoms. The minimum atomic E-state index is -0.310. The molecule has 1 aromatic carbocycles. The summed E-state index contributed by atoms with van der Waals surface area (Å²) in [6.07, 6.45) is 7.63. The molecule has 0 saturated heterocycles. The van der Waals surface area contributed by atoms with E-state index in [9.17, 15) is 4.39 Å². The van der Waals surface area contributed by atoms with Crippen molar-refractivity contribution < 1.29 is 4.39 Å². The van der Waals surface area contributed by atoms with Crippen molar-refractivity contribution in [1.29, 1.82) is 0 Å². The summed E-state index contributed by atoms with van der Waals surface area (Å²) >= 11 is 6.17. The van der Waals surface area contributed by atoms with Crippen LogP contribution in [0, 0.1) is 11.7 Å². The van der Waals surface area contributed by atoms with Gasteiger partial charge in [0.15, 0.2) is 0 Å². The van der Waals surface area contributed by atoms with Crippen molar-refractivity contribution in [2.75, 3.05) is 6.54 Å². The average Bonchev–Trinajstić information content (AvgIpc) is 2.68. The van der Waals surface area contributed by atoms with Crippen molar-refractivity contribution in [2.24, 2.45) is 5.92 Å². The average molecular weight is 284 g/mol. The minimum absolute atomic E-state index is 0.186. The maximum absolute atomic E-state index is 13.7. The van der Waals surface area contributed by atoms with Crippen LogP contribution in [0.2, 0.25) is 5.02 Å². The van der Waals surface area contributed by atoms with E-state index < -0.39 is 0 Å². The van der Waals surface area contributed by atoms with E-state index >= 15 is 0 Å². The van der Waals surface area contributed by atoms with Crippen LogP contribution in [0.15, 0.2) is 18.2 Å². The molecule has 1 nitrogen and oxygen atoms in total. The van der Waals surface area contributed by atoms with Crippen LogP contribution in [0.1, 0.15) is 57.1 Å². The molecule has 0 radical (unpaired) electrons. The van der Waals surface area contributed by atoms with Gasteiger partial charge in [0.05, 0.1) is 5.02 Å². The lowest BCUT2D eigenvalue weighted by molar-refractivity contribution is 0.329. The molecule has 1 aromatic rings. The first-order valence-electron chi connectivity index (χ1n) is 7.41. The second-order valence-electron chi connectivity index (χ2n) is 5.43. The Labute approximate surface area is 120 Å². The molecule has 1 aliphatic rings. The van der Waals surface area contributed by atoms with E-state index in [-0.39, 0.29) is 16.9 Å². The molecule has 1 unspecified atom stereocenters. The highest BCUT2D eigenvalue weighted by Gasteiger charge is 2.25. The first-order valence-corrected chi connectivity index (χ1v) is 7.79. The first-order chi connectivity index (χ1) is 9.24. The van der Waals surface area contributed by atoms with Crippen LogP contribution in [0.3, 0.4) is 0 Å². The third kappa shape index (κ3) is 3.70. The molecule has 3 heteroatoms. The van der Waals surface area contributed by atoms with E-state index in [0.29, 0.717) is 5.92 Å². The number of hydrogen-bond donors (Lipinski definition) is 1. The molecule has 2 rings (SSSR count). The van der Waals surface area contributed by atoms with Crippen molar-refractivity contribution in [3.63, 3.8) is 0 Å². The maximum Gasteiger partial charge on any atom is 0.142 e. The molecule has 0 amide bonds. The fourth-order valence-corrected chi connectivity index (χ4v) is 3.40. The summed E-state index contributed by atoms with van der Waals surface area (Å²) in [6.45, 7) is 2.98. The van der Waals surface area contributed by atoms with Crippen LogP contribution in [0.25, 0.3) is 0 Å². The molecule has 19 heavy (non-hydrogen) atoms. The Bertz CT molecular complexity index is 400.